The third-order valence-electron chi connectivity index (χ3n) is 8.11. The van der Waals surface area contributed by atoms with Gasteiger partial charge in [0.05, 0.1) is 18.8 Å². The average Bonchev–Trinajstić information content (AvgIpc) is 3.17. The zero-order chi connectivity index (χ0) is 31.8. The van der Waals surface area contributed by atoms with E-state index < -0.39 is 41.9 Å². The molecule has 14 heteroatoms. The molecule has 1 amide bonds. The van der Waals surface area contributed by atoms with Crippen molar-refractivity contribution in [1.82, 2.24) is 20.2 Å². The largest absolute Gasteiger partial charge is 0.388 e. The normalized spacial score (nSPS) is 31.6. The summed E-state index contributed by atoms with van der Waals surface area (Å²) in [6.45, 7) is 3.16. The van der Waals surface area contributed by atoms with Gasteiger partial charge in [-0.2, -0.15) is 3.89 Å². The lowest BCUT2D eigenvalue weighted by Gasteiger charge is -2.45. The fraction of sp³-hybridized carbons (Fsp3) is 0.567. The minimum atomic E-state index is -1.41. The monoisotopic (exact) mass is 668 g/mol. The molecule has 0 radical (unpaired) electrons. The number of ether oxygens (including phenoxy) is 2. The second kappa shape index (κ2) is 16.7. The van der Waals surface area contributed by atoms with Gasteiger partial charge < -0.3 is 30.1 Å². The second-order valence-corrected chi connectivity index (χ2v) is 13.7. The summed E-state index contributed by atoms with van der Waals surface area (Å²) < 4.78 is 22.4. The van der Waals surface area contributed by atoms with E-state index in [0.717, 1.165) is 29.0 Å². The van der Waals surface area contributed by atoms with Crippen molar-refractivity contribution in [2.24, 2.45) is 5.92 Å². The molecule has 4 N–H and O–H groups in total. The van der Waals surface area contributed by atoms with Crippen LogP contribution in [0.2, 0.25) is 0 Å². The van der Waals surface area contributed by atoms with Gasteiger partial charge in [0.25, 0.3) is 0 Å². The number of carbonyl (C=O) groups is 1. The Bertz CT molecular complexity index is 1220. The van der Waals surface area contributed by atoms with E-state index in [4.69, 9.17) is 9.47 Å². The highest BCUT2D eigenvalue weighted by molar-refractivity contribution is 8.00. The number of benzene rings is 1. The number of amides is 1. The molecule has 1 aromatic heterocycles. The number of rotatable bonds is 8. The van der Waals surface area contributed by atoms with E-state index in [0.29, 0.717) is 6.61 Å². The Morgan fingerprint density at radius 1 is 1.07 bits per heavy atom. The number of carbonyl (C=O) groups excluding carboxylic acids is 1. The molecule has 242 valence electrons. The Hall–Kier alpha value is -1.75. The summed E-state index contributed by atoms with van der Waals surface area (Å²) in [5, 5.41) is 35.1. The van der Waals surface area contributed by atoms with Gasteiger partial charge in [-0.05, 0) is 37.4 Å². The first-order valence-electron chi connectivity index (χ1n) is 14.4. The maximum absolute atomic E-state index is 13.9. The Labute approximate surface area is 270 Å². The lowest BCUT2D eigenvalue weighted by atomic mass is 9.92. The van der Waals surface area contributed by atoms with Crippen molar-refractivity contribution in [1.29, 1.82) is 0 Å². The molecule has 0 spiro atoms. The zero-order valence-electron chi connectivity index (χ0n) is 25.1. The van der Waals surface area contributed by atoms with Gasteiger partial charge in [-0.25, -0.2) is 9.97 Å². The maximum Gasteiger partial charge on any atom is 0.240 e. The van der Waals surface area contributed by atoms with Crippen LogP contribution in [0.25, 0.3) is 11.1 Å². The van der Waals surface area contributed by atoms with Gasteiger partial charge in [0.2, 0.25) is 5.91 Å². The standard InChI is InChI=1S/C29H38N4O6S2.CH3FS/c1-16(41-20-9-7-17(8-10-20)19-12-30-15-31-13-19)21(27-24(35)23(34)25(36)29(39-27)40-3)32-28(37)22-26-18(14-33(22)2)6-4-5-11-38-26;1-3-2/h4-5,7-10,12-13,15-16,18,21-27,29,34-36H,6,11,14H2,1-3H3,(H,32,37);1H3/t16-,18-,21+,22-,23+,24?,25+,26+,27+,29?;/m0./s1. The number of hydrogen-bond acceptors (Lipinski definition) is 12. The Morgan fingerprint density at radius 3 is 2.41 bits per heavy atom. The number of aliphatic hydroxyl groups excluding tert-OH is 3. The quantitative estimate of drug-likeness (QED) is 0.243. The number of allylic oxidation sites excluding steroid dienone is 1. The molecule has 10 atom stereocenters. The van der Waals surface area contributed by atoms with Crippen molar-refractivity contribution in [2.75, 3.05) is 32.7 Å². The first-order valence-corrected chi connectivity index (χ1v) is 17.7. The van der Waals surface area contributed by atoms with Gasteiger partial charge >= 0.3 is 0 Å². The fourth-order valence-corrected chi connectivity index (χ4v) is 7.70. The predicted molar refractivity (Wildman–Crippen MR) is 173 cm³/mol. The topological polar surface area (TPSA) is 137 Å². The SMILES string of the molecule is CSC1O[C@H]([C@H](NC(=O)[C@@H]2[C@@H]3OCC=CC[C@H]3CN2C)[C@H](C)Sc2ccc(-c3cncnc3)cc2)C(O)[C@@H](O)[C@H]1O.CSF. The Balaban J connectivity index is 0.00000141. The fourth-order valence-electron chi connectivity index (χ4n) is 5.93. The maximum atomic E-state index is 13.9. The van der Waals surface area contributed by atoms with E-state index in [9.17, 15) is 24.0 Å². The van der Waals surface area contributed by atoms with E-state index in [2.05, 4.69) is 21.4 Å². The van der Waals surface area contributed by atoms with Crippen LogP contribution < -0.4 is 5.32 Å². The van der Waals surface area contributed by atoms with Crippen LogP contribution in [0.3, 0.4) is 0 Å². The molecule has 2 saturated heterocycles. The predicted octanol–water partition coefficient (Wildman–Crippen LogP) is 2.79. The number of hydrogen-bond donors (Lipinski definition) is 4. The minimum absolute atomic E-state index is 0.211. The van der Waals surface area contributed by atoms with Gasteiger partial charge in [-0.15, -0.1) is 23.5 Å². The van der Waals surface area contributed by atoms with E-state index in [1.807, 2.05) is 49.2 Å². The van der Waals surface area contributed by atoms with Crippen molar-refractivity contribution in [2.45, 2.75) is 71.5 Å². The highest BCUT2D eigenvalue weighted by atomic mass is 32.2. The number of nitrogens with zero attached hydrogens (tertiary/aromatic N) is 3. The lowest BCUT2D eigenvalue weighted by molar-refractivity contribution is -0.205. The number of nitrogens with one attached hydrogen (secondary N) is 1. The molecule has 5 rings (SSSR count). The van der Waals surface area contributed by atoms with Crippen molar-refractivity contribution in [3.63, 3.8) is 0 Å². The van der Waals surface area contributed by atoms with Crippen LogP contribution in [0.1, 0.15) is 13.3 Å². The molecular weight excluding hydrogens is 628 g/mol. The van der Waals surface area contributed by atoms with Gasteiger partial charge in [0, 0.05) is 59.0 Å². The van der Waals surface area contributed by atoms with E-state index in [-0.39, 0.29) is 35.3 Å². The summed E-state index contributed by atoms with van der Waals surface area (Å²) in [4.78, 5) is 25.1. The molecule has 2 unspecified atom stereocenters. The summed E-state index contributed by atoms with van der Waals surface area (Å²) in [6.07, 6.45) is 7.84. The molecule has 4 heterocycles. The molecule has 1 aromatic carbocycles. The third kappa shape index (κ3) is 8.34. The van der Waals surface area contributed by atoms with Gasteiger partial charge in [0.15, 0.2) is 0 Å². The average molecular weight is 669 g/mol. The van der Waals surface area contributed by atoms with Crippen LogP contribution in [0.4, 0.5) is 3.89 Å². The highest BCUT2D eigenvalue weighted by Gasteiger charge is 2.50. The number of likely N-dealkylation sites (tertiary alicyclic amines) is 1. The summed E-state index contributed by atoms with van der Waals surface area (Å²) in [6, 6.07) is 6.78. The highest BCUT2D eigenvalue weighted by Crippen LogP contribution is 2.35. The molecule has 3 aliphatic rings. The van der Waals surface area contributed by atoms with Crippen LogP contribution in [0.5, 0.6) is 0 Å². The van der Waals surface area contributed by atoms with Crippen molar-refractivity contribution in [3.05, 3.63) is 55.1 Å². The molecular formula is C30H41FN4O6S3. The van der Waals surface area contributed by atoms with Gasteiger partial charge in [-0.3, -0.25) is 9.69 Å². The van der Waals surface area contributed by atoms with Crippen LogP contribution in [-0.2, 0) is 14.3 Å². The van der Waals surface area contributed by atoms with Crippen molar-refractivity contribution < 1.29 is 33.5 Å². The summed E-state index contributed by atoms with van der Waals surface area (Å²) in [5.41, 5.74) is 1.14. The number of aliphatic hydroxyl groups is 3. The molecule has 0 aliphatic carbocycles. The van der Waals surface area contributed by atoms with Crippen LogP contribution >= 0.6 is 35.7 Å². The van der Waals surface area contributed by atoms with Gasteiger partial charge in [0.1, 0.15) is 42.2 Å². The molecule has 10 nitrogen and oxygen atoms in total. The number of fused-ring (bicyclic) bond motifs is 1. The smallest absolute Gasteiger partial charge is 0.240 e. The number of aromatic nitrogens is 2. The number of thioether (sulfide) groups is 2. The van der Waals surface area contributed by atoms with E-state index >= 15 is 0 Å². The Kier molecular flexibility index (Phi) is 13.3. The van der Waals surface area contributed by atoms with Crippen LogP contribution in [0.15, 0.2) is 60.0 Å². The Morgan fingerprint density at radius 2 is 1.75 bits per heavy atom. The first-order chi connectivity index (χ1) is 21.2. The third-order valence-corrected chi connectivity index (χ3v) is 10.2. The summed E-state index contributed by atoms with van der Waals surface area (Å²) in [7, 11) is 1.92. The van der Waals surface area contributed by atoms with Crippen LogP contribution in [0, 0.1) is 5.92 Å². The molecule has 2 fully saturated rings. The van der Waals surface area contributed by atoms with E-state index in [1.165, 1.54) is 36.1 Å². The molecule has 0 bridgehead atoms. The van der Waals surface area contributed by atoms with Crippen molar-refractivity contribution in [3.8, 4) is 11.1 Å². The zero-order valence-corrected chi connectivity index (χ0v) is 27.6. The minimum Gasteiger partial charge on any atom is -0.388 e. The van der Waals surface area contributed by atoms with Gasteiger partial charge in [-0.1, -0.05) is 31.2 Å². The lowest BCUT2D eigenvalue weighted by Crippen LogP contribution is -2.65. The second-order valence-electron chi connectivity index (χ2n) is 11.0. The van der Waals surface area contributed by atoms with Crippen molar-refractivity contribution >= 4 is 41.6 Å². The van der Waals surface area contributed by atoms with Crippen LogP contribution in [-0.4, -0.2) is 122 Å². The number of likely N-dealkylation sites (N-methyl/N-ethyl adjacent to an activating group) is 1. The summed E-state index contributed by atoms with van der Waals surface area (Å²) in [5.74, 6) is -0.00136. The molecule has 2 aromatic rings. The first kappa shape index (κ1) is 35.1. The summed E-state index contributed by atoms with van der Waals surface area (Å²) >= 11 is 3.03. The number of halogens is 1. The molecule has 3 aliphatic heterocycles. The van der Waals surface area contributed by atoms with E-state index in [1.54, 1.807) is 18.6 Å². The molecule has 0 saturated carbocycles. The molecule has 44 heavy (non-hydrogen) atoms.